The quantitative estimate of drug-likeness (QED) is 0.447. The molecule has 2 atom stereocenters. The van der Waals surface area contributed by atoms with Crippen molar-refractivity contribution in [1.29, 1.82) is 0 Å². The SMILES string of the molecule is C/C=C(\NS(=O)(=O)C1=CC=C(Cl)C[C@@H]1F)C(=O)NC(C(=O)c1ccc(C)cc1)C(C)C. The Hall–Kier alpha value is -2.45. The van der Waals surface area contributed by atoms with E-state index in [4.69, 9.17) is 11.6 Å². The highest BCUT2D eigenvalue weighted by Crippen LogP contribution is 2.27. The van der Waals surface area contributed by atoms with E-state index in [1.165, 1.54) is 19.1 Å². The standard InChI is InChI=1S/C22H26ClFN2O4S/c1-5-18(26-31(29,30)19-11-10-16(23)12-17(19)24)22(28)25-20(13(2)3)21(27)15-8-6-14(4)7-9-15/h5-11,13,17,20,26H,12H2,1-4H3,(H,25,28)/b18-5-/t17-,20?/m0/s1. The molecule has 0 heterocycles. The van der Waals surface area contributed by atoms with Crippen LogP contribution in [0.5, 0.6) is 0 Å². The van der Waals surface area contributed by atoms with E-state index in [0.29, 0.717) is 5.56 Å². The number of carbonyl (C=O) groups excluding carboxylic acids is 2. The fourth-order valence-corrected chi connectivity index (χ4v) is 4.45. The Balaban J connectivity index is 2.20. The number of carbonyl (C=O) groups is 2. The number of benzene rings is 1. The molecule has 9 heteroatoms. The second-order valence-corrected chi connectivity index (χ2v) is 9.76. The lowest BCUT2D eigenvalue weighted by Crippen LogP contribution is -2.47. The average molecular weight is 469 g/mol. The lowest BCUT2D eigenvalue weighted by atomic mass is 9.94. The first kappa shape index (κ1) is 24.8. The number of hydrogen-bond acceptors (Lipinski definition) is 4. The molecule has 2 N–H and O–H groups in total. The molecule has 1 aromatic carbocycles. The molecule has 31 heavy (non-hydrogen) atoms. The van der Waals surface area contributed by atoms with Gasteiger partial charge >= 0.3 is 0 Å². The Bertz CT molecular complexity index is 1040. The van der Waals surface area contributed by atoms with E-state index in [2.05, 4.69) is 10.0 Å². The van der Waals surface area contributed by atoms with E-state index in [1.54, 1.807) is 38.1 Å². The summed E-state index contributed by atoms with van der Waals surface area (Å²) in [5.74, 6) is -1.33. The number of allylic oxidation sites excluding steroid dienone is 5. The van der Waals surface area contributed by atoms with Gasteiger partial charge in [0.2, 0.25) is 0 Å². The van der Waals surface area contributed by atoms with Gasteiger partial charge in [-0.3, -0.25) is 14.3 Å². The molecule has 6 nitrogen and oxygen atoms in total. The largest absolute Gasteiger partial charge is 0.340 e. The summed E-state index contributed by atoms with van der Waals surface area (Å²) in [5, 5.41) is 2.79. The van der Waals surface area contributed by atoms with Crippen LogP contribution in [0.1, 0.15) is 43.1 Å². The van der Waals surface area contributed by atoms with Gasteiger partial charge in [0.05, 0.1) is 10.9 Å². The fourth-order valence-electron chi connectivity index (χ4n) is 2.97. The van der Waals surface area contributed by atoms with E-state index in [9.17, 15) is 22.4 Å². The van der Waals surface area contributed by atoms with Crippen LogP contribution in [-0.4, -0.2) is 32.3 Å². The van der Waals surface area contributed by atoms with Crippen LogP contribution in [0.25, 0.3) is 0 Å². The molecule has 1 aromatic rings. The highest BCUT2D eigenvalue weighted by molar-refractivity contribution is 7.93. The number of amides is 1. The van der Waals surface area contributed by atoms with Crippen LogP contribution in [0, 0.1) is 12.8 Å². The summed E-state index contributed by atoms with van der Waals surface area (Å²) in [4.78, 5) is 25.2. The zero-order valence-electron chi connectivity index (χ0n) is 17.8. The summed E-state index contributed by atoms with van der Waals surface area (Å²) in [5.41, 5.74) is 1.12. The zero-order chi connectivity index (χ0) is 23.3. The van der Waals surface area contributed by atoms with Gasteiger partial charge in [-0.1, -0.05) is 61.4 Å². The number of sulfonamides is 1. The van der Waals surface area contributed by atoms with Crippen molar-refractivity contribution in [3.63, 3.8) is 0 Å². The Kier molecular flexibility index (Phi) is 8.20. The first-order valence-electron chi connectivity index (χ1n) is 9.77. The predicted molar refractivity (Wildman–Crippen MR) is 120 cm³/mol. The second-order valence-electron chi connectivity index (χ2n) is 7.59. The molecule has 0 saturated carbocycles. The third-order valence-corrected chi connectivity index (χ3v) is 6.55. The summed E-state index contributed by atoms with van der Waals surface area (Å²) in [7, 11) is -4.33. The smallest absolute Gasteiger partial charge is 0.268 e. The topological polar surface area (TPSA) is 92.3 Å². The maximum absolute atomic E-state index is 14.2. The van der Waals surface area contributed by atoms with Crippen molar-refractivity contribution in [2.24, 2.45) is 5.92 Å². The van der Waals surface area contributed by atoms with Crippen LogP contribution in [0.15, 0.2) is 58.1 Å². The summed E-state index contributed by atoms with van der Waals surface area (Å²) >= 11 is 5.74. The molecule has 0 bridgehead atoms. The van der Waals surface area contributed by atoms with Crippen molar-refractivity contribution >= 4 is 33.3 Å². The van der Waals surface area contributed by atoms with E-state index < -0.39 is 33.0 Å². The van der Waals surface area contributed by atoms with Crippen molar-refractivity contribution in [1.82, 2.24) is 10.0 Å². The maximum atomic E-state index is 14.2. The third-order valence-electron chi connectivity index (χ3n) is 4.77. The van der Waals surface area contributed by atoms with Crippen LogP contribution in [0.2, 0.25) is 0 Å². The minimum atomic E-state index is -4.33. The zero-order valence-corrected chi connectivity index (χ0v) is 19.4. The number of aryl methyl sites for hydroxylation is 1. The molecule has 0 aliphatic heterocycles. The lowest BCUT2D eigenvalue weighted by molar-refractivity contribution is -0.118. The monoisotopic (exact) mass is 468 g/mol. The molecule has 0 fully saturated rings. The predicted octanol–water partition coefficient (Wildman–Crippen LogP) is 3.89. The van der Waals surface area contributed by atoms with Gasteiger partial charge in [-0.15, -0.1) is 0 Å². The minimum absolute atomic E-state index is 0.199. The van der Waals surface area contributed by atoms with Crippen molar-refractivity contribution in [3.05, 3.63) is 69.3 Å². The molecule has 0 radical (unpaired) electrons. The molecular weight excluding hydrogens is 443 g/mol. The van der Waals surface area contributed by atoms with Crippen molar-refractivity contribution < 1.29 is 22.4 Å². The maximum Gasteiger partial charge on any atom is 0.268 e. The van der Waals surface area contributed by atoms with E-state index in [-0.39, 0.29) is 28.9 Å². The molecule has 1 amide bonds. The normalized spacial score (nSPS) is 18.2. The molecule has 168 valence electrons. The summed E-state index contributed by atoms with van der Waals surface area (Å²) in [6.45, 7) is 6.90. The Labute approximate surface area is 187 Å². The molecular formula is C22H26ClFN2O4S. The van der Waals surface area contributed by atoms with Gasteiger partial charge in [0.25, 0.3) is 15.9 Å². The number of Topliss-reactive ketones (excluding diaryl/α,β-unsaturated/α-hetero) is 1. The van der Waals surface area contributed by atoms with Gasteiger partial charge in [-0.05, 0) is 31.9 Å². The minimum Gasteiger partial charge on any atom is -0.340 e. The molecule has 2 rings (SSSR count). The van der Waals surface area contributed by atoms with Gasteiger partial charge in [0.15, 0.2) is 5.78 Å². The second kappa shape index (κ2) is 10.2. The number of hydrogen-bond donors (Lipinski definition) is 2. The Morgan fingerprint density at radius 2 is 1.81 bits per heavy atom. The fraction of sp³-hybridized carbons (Fsp3) is 0.364. The van der Waals surface area contributed by atoms with Crippen LogP contribution < -0.4 is 10.0 Å². The molecule has 1 aliphatic rings. The molecule has 0 saturated heterocycles. The first-order chi connectivity index (χ1) is 14.5. The highest BCUT2D eigenvalue weighted by atomic mass is 35.5. The molecule has 1 aliphatic carbocycles. The van der Waals surface area contributed by atoms with Crippen molar-refractivity contribution in [2.45, 2.75) is 46.3 Å². The molecule has 1 unspecified atom stereocenters. The highest BCUT2D eigenvalue weighted by Gasteiger charge is 2.32. The number of halogens is 2. The average Bonchev–Trinajstić information content (AvgIpc) is 2.69. The number of ketones is 1. The van der Waals surface area contributed by atoms with Gasteiger partial charge in [-0.2, -0.15) is 0 Å². The summed E-state index contributed by atoms with van der Waals surface area (Å²) < 4.78 is 41.5. The summed E-state index contributed by atoms with van der Waals surface area (Å²) in [6, 6.07) is 6.06. The van der Waals surface area contributed by atoms with E-state index in [1.807, 2.05) is 6.92 Å². The van der Waals surface area contributed by atoms with Gasteiger partial charge < -0.3 is 5.32 Å². The van der Waals surface area contributed by atoms with Crippen molar-refractivity contribution in [2.75, 3.05) is 0 Å². The van der Waals surface area contributed by atoms with Gasteiger partial charge in [-0.25, -0.2) is 12.8 Å². The van der Waals surface area contributed by atoms with Gasteiger partial charge in [0, 0.05) is 17.0 Å². The van der Waals surface area contributed by atoms with Crippen LogP contribution in [0.4, 0.5) is 4.39 Å². The number of nitrogens with one attached hydrogen (secondary N) is 2. The first-order valence-corrected chi connectivity index (χ1v) is 11.6. The lowest BCUT2D eigenvalue weighted by Gasteiger charge is -2.23. The Morgan fingerprint density at radius 1 is 1.19 bits per heavy atom. The van der Waals surface area contributed by atoms with E-state index >= 15 is 0 Å². The molecule has 0 aromatic heterocycles. The van der Waals surface area contributed by atoms with Crippen LogP contribution in [-0.2, 0) is 14.8 Å². The van der Waals surface area contributed by atoms with Crippen LogP contribution >= 0.6 is 11.6 Å². The van der Waals surface area contributed by atoms with Crippen LogP contribution in [0.3, 0.4) is 0 Å². The van der Waals surface area contributed by atoms with Crippen molar-refractivity contribution in [3.8, 4) is 0 Å². The Morgan fingerprint density at radius 3 is 2.32 bits per heavy atom. The van der Waals surface area contributed by atoms with Gasteiger partial charge in [0.1, 0.15) is 11.9 Å². The number of rotatable bonds is 8. The molecule has 0 spiro atoms. The summed E-state index contributed by atoms with van der Waals surface area (Å²) in [6.07, 6.45) is 1.55. The number of alkyl halides is 1. The van der Waals surface area contributed by atoms with E-state index in [0.717, 1.165) is 11.6 Å². The third kappa shape index (κ3) is 6.27.